The second-order valence-electron chi connectivity index (χ2n) is 4.85. The summed E-state index contributed by atoms with van der Waals surface area (Å²) in [5.74, 6) is 0.947. The smallest absolute Gasteiger partial charge is 0.00489 e. The Morgan fingerprint density at radius 2 is 1.53 bits per heavy atom. The molecule has 0 amide bonds. The third-order valence-electron chi connectivity index (χ3n) is 3.04. The molecule has 0 aromatic carbocycles. The Hall–Kier alpha value is -0.0400. The Morgan fingerprint density at radius 1 is 0.800 bits per heavy atom. The van der Waals surface area contributed by atoms with Crippen LogP contribution < -0.4 is 5.32 Å². The predicted octanol–water partition coefficient (Wildman–Crippen LogP) is 4.37. The van der Waals surface area contributed by atoms with Gasteiger partial charge in [-0.25, -0.2) is 0 Å². The molecule has 0 spiro atoms. The molecule has 0 aliphatic rings. The minimum Gasteiger partial charge on any atom is -0.317 e. The Balaban J connectivity index is 2.98. The summed E-state index contributed by atoms with van der Waals surface area (Å²) in [7, 11) is 0. The minimum absolute atomic E-state index is 0.947. The highest BCUT2D eigenvalue weighted by Gasteiger charge is 1.99. The summed E-state index contributed by atoms with van der Waals surface area (Å²) >= 11 is 0. The molecule has 15 heavy (non-hydrogen) atoms. The van der Waals surface area contributed by atoms with Crippen molar-refractivity contribution in [1.29, 1.82) is 0 Å². The van der Waals surface area contributed by atoms with E-state index in [-0.39, 0.29) is 0 Å². The molecule has 0 aliphatic heterocycles. The van der Waals surface area contributed by atoms with E-state index in [2.05, 4.69) is 26.1 Å². The molecule has 0 aromatic rings. The zero-order valence-electron chi connectivity index (χ0n) is 11.1. The van der Waals surface area contributed by atoms with Gasteiger partial charge in [0.2, 0.25) is 0 Å². The largest absolute Gasteiger partial charge is 0.317 e. The number of unbranched alkanes of at least 4 members (excludes halogenated alkanes) is 3. The van der Waals surface area contributed by atoms with E-state index in [1.165, 1.54) is 64.5 Å². The molecule has 0 aromatic heterocycles. The van der Waals surface area contributed by atoms with Crippen molar-refractivity contribution in [2.24, 2.45) is 5.92 Å². The quantitative estimate of drug-likeness (QED) is 0.502. The van der Waals surface area contributed by atoms with Gasteiger partial charge in [-0.3, -0.25) is 0 Å². The standard InChI is InChI=1S/C14H31N/c1-4-6-12-15-13-9-7-8-11-14(3)10-5-2/h14-15H,4-13H2,1-3H3. The lowest BCUT2D eigenvalue weighted by Gasteiger charge is -2.09. The van der Waals surface area contributed by atoms with E-state index >= 15 is 0 Å². The van der Waals surface area contributed by atoms with Gasteiger partial charge in [-0.15, -0.1) is 0 Å². The molecule has 1 nitrogen and oxygen atoms in total. The average Bonchev–Trinajstić information content (AvgIpc) is 2.22. The van der Waals surface area contributed by atoms with Gasteiger partial charge in [0.1, 0.15) is 0 Å². The van der Waals surface area contributed by atoms with E-state index in [9.17, 15) is 0 Å². The maximum atomic E-state index is 3.50. The summed E-state index contributed by atoms with van der Waals surface area (Å²) in [6.45, 7) is 9.36. The first-order valence-corrected chi connectivity index (χ1v) is 7.02. The van der Waals surface area contributed by atoms with Crippen molar-refractivity contribution >= 4 is 0 Å². The molecule has 0 aliphatic carbocycles. The van der Waals surface area contributed by atoms with Gasteiger partial charge in [-0.2, -0.15) is 0 Å². The lowest BCUT2D eigenvalue weighted by atomic mass is 9.99. The first-order valence-electron chi connectivity index (χ1n) is 7.02. The Morgan fingerprint density at radius 3 is 2.20 bits per heavy atom. The molecule has 0 radical (unpaired) electrons. The summed E-state index contributed by atoms with van der Waals surface area (Å²) < 4.78 is 0. The van der Waals surface area contributed by atoms with Gasteiger partial charge in [0.05, 0.1) is 0 Å². The highest BCUT2D eigenvalue weighted by molar-refractivity contribution is 4.54. The summed E-state index contributed by atoms with van der Waals surface area (Å²) in [6.07, 6.45) is 11.0. The second kappa shape index (κ2) is 12.0. The van der Waals surface area contributed by atoms with Gasteiger partial charge in [-0.1, -0.05) is 59.3 Å². The van der Waals surface area contributed by atoms with Crippen LogP contribution >= 0.6 is 0 Å². The zero-order valence-corrected chi connectivity index (χ0v) is 11.1. The van der Waals surface area contributed by atoms with Crippen molar-refractivity contribution in [1.82, 2.24) is 5.32 Å². The van der Waals surface area contributed by atoms with Crippen molar-refractivity contribution in [3.8, 4) is 0 Å². The molecule has 0 saturated carbocycles. The topological polar surface area (TPSA) is 12.0 Å². The summed E-state index contributed by atoms with van der Waals surface area (Å²) in [4.78, 5) is 0. The van der Waals surface area contributed by atoms with Crippen LogP contribution in [0, 0.1) is 5.92 Å². The van der Waals surface area contributed by atoms with Crippen LogP contribution in [-0.2, 0) is 0 Å². The lowest BCUT2D eigenvalue weighted by Crippen LogP contribution is -2.16. The van der Waals surface area contributed by atoms with E-state index < -0.39 is 0 Å². The molecule has 1 heteroatoms. The Labute approximate surface area is 97.0 Å². The van der Waals surface area contributed by atoms with E-state index in [0.717, 1.165) is 5.92 Å². The summed E-state index contributed by atoms with van der Waals surface area (Å²) in [5, 5.41) is 3.50. The van der Waals surface area contributed by atoms with Crippen LogP contribution in [0.3, 0.4) is 0 Å². The van der Waals surface area contributed by atoms with E-state index in [1.807, 2.05) is 0 Å². The SMILES string of the molecule is CCCCNCCCCCC(C)CCC. The zero-order chi connectivity index (χ0) is 11.4. The number of nitrogens with one attached hydrogen (secondary N) is 1. The van der Waals surface area contributed by atoms with Crippen LogP contribution in [0.5, 0.6) is 0 Å². The minimum atomic E-state index is 0.947. The van der Waals surface area contributed by atoms with Gasteiger partial charge < -0.3 is 5.32 Å². The molecule has 1 unspecified atom stereocenters. The fourth-order valence-electron chi connectivity index (χ4n) is 1.98. The summed E-state index contributed by atoms with van der Waals surface area (Å²) in [6, 6.07) is 0. The molecule has 0 fully saturated rings. The van der Waals surface area contributed by atoms with Crippen LogP contribution in [0.25, 0.3) is 0 Å². The van der Waals surface area contributed by atoms with Crippen LogP contribution in [0.4, 0.5) is 0 Å². The van der Waals surface area contributed by atoms with Gasteiger partial charge in [0.15, 0.2) is 0 Å². The number of rotatable bonds is 11. The van der Waals surface area contributed by atoms with Crippen molar-refractivity contribution < 1.29 is 0 Å². The van der Waals surface area contributed by atoms with Crippen molar-refractivity contribution in [2.75, 3.05) is 13.1 Å². The van der Waals surface area contributed by atoms with Gasteiger partial charge in [-0.05, 0) is 31.8 Å². The molecular formula is C14H31N. The normalized spacial score (nSPS) is 13.0. The predicted molar refractivity (Wildman–Crippen MR) is 70.3 cm³/mol. The van der Waals surface area contributed by atoms with Gasteiger partial charge >= 0.3 is 0 Å². The van der Waals surface area contributed by atoms with E-state index in [4.69, 9.17) is 0 Å². The third-order valence-corrected chi connectivity index (χ3v) is 3.04. The van der Waals surface area contributed by atoms with Gasteiger partial charge in [0, 0.05) is 0 Å². The van der Waals surface area contributed by atoms with Crippen LogP contribution in [0.2, 0.25) is 0 Å². The van der Waals surface area contributed by atoms with Crippen molar-refractivity contribution in [3.63, 3.8) is 0 Å². The highest BCUT2D eigenvalue weighted by atomic mass is 14.8. The molecule has 0 rings (SSSR count). The molecule has 1 atom stereocenters. The van der Waals surface area contributed by atoms with Crippen LogP contribution in [0.1, 0.15) is 72.1 Å². The lowest BCUT2D eigenvalue weighted by molar-refractivity contribution is 0.452. The molecule has 92 valence electrons. The van der Waals surface area contributed by atoms with E-state index in [0.29, 0.717) is 0 Å². The monoisotopic (exact) mass is 213 g/mol. The third kappa shape index (κ3) is 11.9. The van der Waals surface area contributed by atoms with Crippen LogP contribution in [-0.4, -0.2) is 13.1 Å². The molecule has 0 saturated heterocycles. The van der Waals surface area contributed by atoms with E-state index in [1.54, 1.807) is 0 Å². The molecule has 1 N–H and O–H groups in total. The maximum absolute atomic E-state index is 3.50. The van der Waals surface area contributed by atoms with Crippen molar-refractivity contribution in [3.05, 3.63) is 0 Å². The molecule has 0 heterocycles. The van der Waals surface area contributed by atoms with Crippen LogP contribution in [0.15, 0.2) is 0 Å². The fourth-order valence-corrected chi connectivity index (χ4v) is 1.98. The summed E-state index contributed by atoms with van der Waals surface area (Å²) in [5.41, 5.74) is 0. The average molecular weight is 213 g/mol. The first kappa shape index (κ1) is 15.0. The number of hydrogen-bond donors (Lipinski definition) is 1. The first-order chi connectivity index (χ1) is 7.31. The molecular weight excluding hydrogens is 182 g/mol. The Kier molecular flexibility index (Phi) is 12.0. The van der Waals surface area contributed by atoms with Crippen molar-refractivity contribution in [2.45, 2.75) is 72.1 Å². The Bertz CT molecular complexity index is 112. The second-order valence-corrected chi connectivity index (χ2v) is 4.85. The number of hydrogen-bond acceptors (Lipinski definition) is 1. The van der Waals surface area contributed by atoms with Gasteiger partial charge in [0.25, 0.3) is 0 Å². The fraction of sp³-hybridized carbons (Fsp3) is 1.00. The maximum Gasteiger partial charge on any atom is -0.00489 e. The molecule has 0 bridgehead atoms. The highest BCUT2D eigenvalue weighted by Crippen LogP contribution is 2.14.